The van der Waals surface area contributed by atoms with Gasteiger partial charge < -0.3 is 19.8 Å². The third-order valence-electron chi connectivity index (χ3n) is 5.27. The molecule has 6 nitrogen and oxygen atoms in total. The van der Waals surface area contributed by atoms with Gasteiger partial charge in [-0.05, 0) is 62.6 Å². The lowest BCUT2D eigenvalue weighted by molar-refractivity contribution is -0.123. The minimum absolute atomic E-state index is 0.150. The van der Waals surface area contributed by atoms with Crippen molar-refractivity contribution in [2.75, 3.05) is 6.54 Å². The average Bonchev–Trinajstić information content (AvgIpc) is 3.15. The summed E-state index contributed by atoms with van der Waals surface area (Å²) in [7, 11) is 0. The minimum Gasteiger partial charge on any atom is -0.456 e. The van der Waals surface area contributed by atoms with Crippen LogP contribution in [0.4, 0.5) is 0 Å². The SMILES string of the molecule is Cc1ccccc1Oc1ccc2cc(C)c(C(=O)NC3(C)CCNC3=O)n2c1. The topological polar surface area (TPSA) is 71.8 Å². The van der Waals surface area contributed by atoms with Crippen molar-refractivity contribution in [3.63, 3.8) is 0 Å². The van der Waals surface area contributed by atoms with Crippen molar-refractivity contribution < 1.29 is 14.3 Å². The Labute approximate surface area is 163 Å². The van der Waals surface area contributed by atoms with E-state index in [1.54, 1.807) is 13.1 Å². The van der Waals surface area contributed by atoms with Crippen molar-refractivity contribution in [1.29, 1.82) is 0 Å². The Morgan fingerprint density at radius 3 is 2.68 bits per heavy atom. The van der Waals surface area contributed by atoms with Crippen LogP contribution in [0.5, 0.6) is 11.5 Å². The van der Waals surface area contributed by atoms with Crippen molar-refractivity contribution in [3.05, 3.63) is 65.5 Å². The molecule has 3 heterocycles. The number of ether oxygens (including phenoxy) is 1. The van der Waals surface area contributed by atoms with E-state index in [1.807, 2.05) is 60.7 Å². The van der Waals surface area contributed by atoms with E-state index in [0.717, 1.165) is 22.4 Å². The van der Waals surface area contributed by atoms with E-state index in [0.29, 0.717) is 24.4 Å². The van der Waals surface area contributed by atoms with Gasteiger partial charge in [-0.3, -0.25) is 9.59 Å². The van der Waals surface area contributed by atoms with Crippen LogP contribution >= 0.6 is 0 Å². The zero-order chi connectivity index (χ0) is 19.9. The smallest absolute Gasteiger partial charge is 0.269 e. The lowest BCUT2D eigenvalue weighted by Crippen LogP contribution is -2.51. The first-order valence-corrected chi connectivity index (χ1v) is 9.33. The largest absolute Gasteiger partial charge is 0.456 e. The molecule has 1 saturated heterocycles. The van der Waals surface area contributed by atoms with Gasteiger partial charge in [0.05, 0.1) is 6.20 Å². The number of hydrogen-bond acceptors (Lipinski definition) is 3. The summed E-state index contributed by atoms with van der Waals surface area (Å²) in [5.41, 5.74) is 2.38. The number of aromatic nitrogens is 1. The zero-order valence-electron chi connectivity index (χ0n) is 16.2. The van der Waals surface area contributed by atoms with Crippen LogP contribution in [0.25, 0.3) is 5.52 Å². The van der Waals surface area contributed by atoms with Gasteiger partial charge >= 0.3 is 0 Å². The molecule has 1 unspecified atom stereocenters. The monoisotopic (exact) mass is 377 g/mol. The van der Waals surface area contributed by atoms with Crippen LogP contribution in [0, 0.1) is 13.8 Å². The molecule has 0 aliphatic carbocycles. The molecule has 1 atom stereocenters. The maximum absolute atomic E-state index is 13.0. The second kappa shape index (κ2) is 6.71. The number of para-hydroxylation sites is 1. The Hall–Kier alpha value is -3.28. The number of rotatable bonds is 4. The maximum Gasteiger partial charge on any atom is 0.269 e. The highest BCUT2D eigenvalue weighted by Crippen LogP contribution is 2.27. The Kier molecular flexibility index (Phi) is 4.34. The Morgan fingerprint density at radius 2 is 1.96 bits per heavy atom. The molecule has 0 radical (unpaired) electrons. The van der Waals surface area contributed by atoms with E-state index in [4.69, 9.17) is 4.74 Å². The third-order valence-corrected chi connectivity index (χ3v) is 5.27. The first-order valence-electron chi connectivity index (χ1n) is 9.33. The molecule has 4 rings (SSSR count). The van der Waals surface area contributed by atoms with Gasteiger partial charge in [0.15, 0.2) is 0 Å². The predicted molar refractivity (Wildman–Crippen MR) is 107 cm³/mol. The van der Waals surface area contributed by atoms with E-state index in [2.05, 4.69) is 10.6 Å². The van der Waals surface area contributed by atoms with Crippen molar-refractivity contribution in [2.45, 2.75) is 32.7 Å². The molecule has 144 valence electrons. The normalized spacial score (nSPS) is 18.9. The Balaban J connectivity index is 1.68. The molecule has 3 aromatic rings. The molecule has 0 bridgehead atoms. The molecule has 6 heteroatoms. The summed E-state index contributed by atoms with van der Waals surface area (Å²) < 4.78 is 7.83. The van der Waals surface area contributed by atoms with Crippen LogP contribution in [0.2, 0.25) is 0 Å². The van der Waals surface area contributed by atoms with Gasteiger partial charge in [-0.25, -0.2) is 0 Å². The summed E-state index contributed by atoms with van der Waals surface area (Å²) in [5.74, 6) is 0.983. The molecule has 1 aliphatic rings. The molecule has 1 aromatic carbocycles. The molecule has 1 fully saturated rings. The summed E-state index contributed by atoms with van der Waals surface area (Å²) in [6, 6.07) is 13.5. The van der Waals surface area contributed by atoms with Crippen molar-refractivity contribution in [2.24, 2.45) is 0 Å². The number of benzene rings is 1. The van der Waals surface area contributed by atoms with Crippen molar-refractivity contribution in [1.82, 2.24) is 15.0 Å². The van der Waals surface area contributed by atoms with Crippen LogP contribution in [0.15, 0.2) is 48.7 Å². The van der Waals surface area contributed by atoms with Gasteiger partial charge in [0.2, 0.25) is 5.91 Å². The van der Waals surface area contributed by atoms with Crippen LogP contribution in [0.1, 0.15) is 35.0 Å². The lowest BCUT2D eigenvalue weighted by atomic mass is 10.0. The molecule has 0 saturated carbocycles. The summed E-state index contributed by atoms with van der Waals surface area (Å²) in [5, 5.41) is 5.68. The molecule has 2 aromatic heterocycles. The number of carbonyl (C=O) groups is 2. The molecular weight excluding hydrogens is 354 g/mol. The highest BCUT2D eigenvalue weighted by molar-refractivity contribution is 6.00. The molecule has 1 aliphatic heterocycles. The fourth-order valence-electron chi connectivity index (χ4n) is 3.59. The van der Waals surface area contributed by atoms with Crippen molar-refractivity contribution >= 4 is 17.3 Å². The lowest BCUT2D eigenvalue weighted by Gasteiger charge is -2.22. The fourth-order valence-corrected chi connectivity index (χ4v) is 3.59. The van der Waals surface area contributed by atoms with E-state index >= 15 is 0 Å². The van der Waals surface area contributed by atoms with Gasteiger partial charge in [-0.2, -0.15) is 0 Å². The van der Waals surface area contributed by atoms with Gasteiger partial charge in [-0.15, -0.1) is 0 Å². The number of aryl methyl sites for hydroxylation is 2. The van der Waals surface area contributed by atoms with Crippen LogP contribution in [0.3, 0.4) is 0 Å². The zero-order valence-corrected chi connectivity index (χ0v) is 16.2. The van der Waals surface area contributed by atoms with Crippen LogP contribution in [-0.2, 0) is 4.79 Å². The summed E-state index contributed by atoms with van der Waals surface area (Å²) >= 11 is 0. The molecule has 0 spiro atoms. The quantitative estimate of drug-likeness (QED) is 0.732. The second-order valence-corrected chi connectivity index (χ2v) is 7.50. The number of nitrogens with one attached hydrogen (secondary N) is 2. The summed E-state index contributed by atoms with van der Waals surface area (Å²) in [6.45, 7) is 6.20. The first kappa shape index (κ1) is 18.1. The predicted octanol–water partition coefficient (Wildman–Crippen LogP) is 3.36. The van der Waals surface area contributed by atoms with Gasteiger partial charge in [0.1, 0.15) is 22.7 Å². The number of carbonyl (C=O) groups excluding carboxylic acids is 2. The van der Waals surface area contributed by atoms with Gasteiger partial charge in [-0.1, -0.05) is 18.2 Å². The summed E-state index contributed by atoms with van der Waals surface area (Å²) in [4.78, 5) is 25.1. The third kappa shape index (κ3) is 3.11. The van der Waals surface area contributed by atoms with E-state index < -0.39 is 5.54 Å². The molecule has 28 heavy (non-hydrogen) atoms. The molecular formula is C22H23N3O3. The number of amides is 2. The van der Waals surface area contributed by atoms with Gasteiger partial charge in [0.25, 0.3) is 5.91 Å². The molecule has 2 amide bonds. The summed E-state index contributed by atoms with van der Waals surface area (Å²) in [6.07, 6.45) is 2.38. The van der Waals surface area contributed by atoms with Gasteiger partial charge in [0, 0.05) is 12.1 Å². The number of nitrogens with zero attached hydrogens (tertiary/aromatic N) is 1. The van der Waals surface area contributed by atoms with Crippen molar-refractivity contribution in [3.8, 4) is 11.5 Å². The highest BCUT2D eigenvalue weighted by atomic mass is 16.5. The Bertz CT molecular complexity index is 1090. The molecule has 2 N–H and O–H groups in total. The van der Waals surface area contributed by atoms with Crippen LogP contribution < -0.4 is 15.4 Å². The number of pyridine rings is 1. The Morgan fingerprint density at radius 1 is 1.18 bits per heavy atom. The van der Waals surface area contributed by atoms with E-state index in [-0.39, 0.29) is 11.8 Å². The first-order chi connectivity index (χ1) is 13.4. The number of fused-ring (bicyclic) bond motifs is 1. The average molecular weight is 377 g/mol. The second-order valence-electron chi connectivity index (χ2n) is 7.50. The number of hydrogen-bond donors (Lipinski definition) is 2. The van der Waals surface area contributed by atoms with E-state index in [1.165, 1.54) is 0 Å². The van der Waals surface area contributed by atoms with E-state index in [9.17, 15) is 9.59 Å². The standard InChI is InChI=1S/C22H23N3O3/c1-14-6-4-5-7-18(14)28-17-9-8-16-12-15(2)19(25(16)13-17)20(26)24-22(3)10-11-23-21(22)27/h4-9,12-13H,10-11H2,1-3H3,(H,23,27)(H,24,26). The fraction of sp³-hybridized carbons (Fsp3) is 0.273. The maximum atomic E-state index is 13.0. The minimum atomic E-state index is -0.886. The highest BCUT2D eigenvalue weighted by Gasteiger charge is 2.39. The van der Waals surface area contributed by atoms with Crippen LogP contribution in [-0.4, -0.2) is 28.3 Å².